The highest BCUT2D eigenvalue weighted by Crippen LogP contribution is 2.21. The SMILES string of the molecule is Cc1cccc2cc3ccccc3nc12.[2H]C. The second kappa shape index (κ2) is 3.93. The second-order valence-corrected chi connectivity index (χ2v) is 3.83. The largest absolute Gasteiger partial charge is 0.248 e. The van der Waals surface area contributed by atoms with Gasteiger partial charge in [0.15, 0.2) is 0 Å². The van der Waals surface area contributed by atoms with E-state index in [0.717, 1.165) is 11.0 Å². The molecule has 3 aromatic rings. The molecule has 0 saturated carbocycles. The smallest absolute Gasteiger partial charge is 0.0738 e. The van der Waals surface area contributed by atoms with E-state index in [1.807, 2.05) is 12.1 Å². The molecule has 0 spiro atoms. The molecule has 16 heavy (non-hydrogen) atoms. The maximum atomic E-state index is 5.75. The number of hydrogen-bond donors (Lipinski definition) is 0. The summed E-state index contributed by atoms with van der Waals surface area (Å²) < 4.78 is 5.75. The van der Waals surface area contributed by atoms with E-state index in [9.17, 15) is 0 Å². The van der Waals surface area contributed by atoms with E-state index in [2.05, 4.69) is 48.3 Å². The highest BCUT2D eigenvalue weighted by molar-refractivity contribution is 5.93. The molecule has 0 aliphatic carbocycles. The minimum Gasteiger partial charge on any atom is -0.248 e. The van der Waals surface area contributed by atoms with Gasteiger partial charge in [0.25, 0.3) is 0 Å². The van der Waals surface area contributed by atoms with Crippen LogP contribution in [-0.4, -0.2) is 4.98 Å². The van der Waals surface area contributed by atoms with Crippen molar-refractivity contribution in [2.45, 2.75) is 14.3 Å². The van der Waals surface area contributed by atoms with Gasteiger partial charge in [-0.05, 0) is 24.6 Å². The molecule has 0 unspecified atom stereocenters. The van der Waals surface area contributed by atoms with E-state index in [4.69, 9.17) is 1.37 Å². The first kappa shape index (κ1) is 9.34. The fraction of sp³-hybridized carbons (Fsp3) is 0.133. The minimum absolute atomic E-state index is 1.07. The summed E-state index contributed by atoms with van der Waals surface area (Å²) in [6, 6.07) is 16.7. The summed E-state index contributed by atoms with van der Waals surface area (Å²) in [5.41, 5.74) is 3.41. The highest BCUT2D eigenvalue weighted by atomic mass is 14.7. The molecule has 0 saturated heterocycles. The lowest BCUT2D eigenvalue weighted by molar-refractivity contribution is 1.42. The van der Waals surface area contributed by atoms with Crippen LogP contribution in [0.2, 0.25) is 0 Å². The van der Waals surface area contributed by atoms with Crippen LogP contribution in [0.1, 0.15) is 14.3 Å². The lowest BCUT2D eigenvalue weighted by Gasteiger charge is -2.03. The predicted molar refractivity (Wildman–Crippen MR) is 70.7 cm³/mol. The summed E-state index contributed by atoms with van der Waals surface area (Å²) in [6.45, 7) is 2.10. The van der Waals surface area contributed by atoms with Gasteiger partial charge in [-0.15, -0.1) is 0 Å². The van der Waals surface area contributed by atoms with Crippen molar-refractivity contribution in [2.24, 2.45) is 0 Å². The molecule has 0 N–H and O–H groups in total. The van der Waals surface area contributed by atoms with Gasteiger partial charge >= 0.3 is 0 Å². The van der Waals surface area contributed by atoms with Gasteiger partial charge in [0, 0.05) is 12.1 Å². The van der Waals surface area contributed by atoms with Crippen molar-refractivity contribution < 1.29 is 1.37 Å². The van der Waals surface area contributed by atoms with Gasteiger partial charge in [0.05, 0.1) is 11.0 Å². The van der Waals surface area contributed by atoms with Gasteiger partial charge < -0.3 is 0 Å². The topological polar surface area (TPSA) is 12.9 Å². The van der Waals surface area contributed by atoms with Crippen LogP contribution in [0.25, 0.3) is 21.8 Å². The molecule has 1 heterocycles. The van der Waals surface area contributed by atoms with Crippen molar-refractivity contribution in [1.29, 1.82) is 0 Å². The van der Waals surface area contributed by atoms with E-state index in [0.29, 0.717) is 0 Å². The van der Waals surface area contributed by atoms with E-state index < -0.39 is 0 Å². The number of rotatable bonds is 0. The van der Waals surface area contributed by atoms with Crippen molar-refractivity contribution in [1.82, 2.24) is 4.98 Å². The molecular weight excluding hydrogens is 194 g/mol. The summed E-state index contributed by atoms with van der Waals surface area (Å²) in [4.78, 5) is 4.68. The zero-order chi connectivity index (χ0) is 12.3. The molecule has 1 nitrogen and oxygen atoms in total. The number of aromatic nitrogens is 1. The molecule has 0 aliphatic rings. The monoisotopic (exact) mass is 210 g/mol. The third kappa shape index (κ3) is 1.54. The number of aryl methyl sites for hydroxylation is 1. The number of nitrogens with zero attached hydrogens (tertiary/aromatic N) is 1. The predicted octanol–water partition coefficient (Wildman–Crippen LogP) is 4.33. The lowest BCUT2D eigenvalue weighted by Crippen LogP contribution is -1.84. The molecule has 80 valence electrons. The van der Waals surface area contributed by atoms with Crippen LogP contribution in [0.4, 0.5) is 0 Å². The van der Waals surface area contributed by atoms with Crippen LogP contribution in [0.3, 0.4) is 0 Å². The summed E-state index contributed by atoms with van der Waals surface area (Å²) in [6.07, 6.45) is 0. The fourth-order valence-corrected chi connectivity index (χ4v) is 1.95. The Balaban J connectivity index is 0.000000514. The van der Waals surface area contributed by atoms with Crippen molar-refractivity contribution in [3.8, 4) is 0 Å². The third-order valence-electron chi connectivity index (χ3n) is 2.75. The molecule has 3 rings (SSSR count). The van der Waals surface area contributed by atoms with Gasteiger partial charge in [0.1, 0.15) is 0 Å². The fourth-order valence-electron chi connectivity index (χ4n) is 1.95. The van der Waals surface area contributed by atoms with Crippen molar-refractivity contribution in [2.75, 3.05) is 0 Å². The second-order valence-electron chi connectivity index (χ2n) is 3.83. The van der Waals surface area contributed by atoms with Gasteiger partial charge in [-0.3, -0.25) is 0 Å². The van der Waals surface area contributed by atoms with Gasteiger partial charge in [-0.1, -0.05) is 43.8 Å². The number of hydrogen-bond acceptors (Lipinski definition) is 1. The summed E-state index contributed by atoms with van der Waals surface area (Å²) in [7, 11) is 1.25. The molecule has 0 amide bonds. The molecule has 0 aliphatic heterocycles. The summed E-state index contributed by atoms with van der Waals surface area (Å²) >= 11 is 0. The van der Waals surface area contributed by atoms with Crippen molar-refractivity contribution >= 4 is 21.8 Å². The first-order valence-corrected chi connectivity index (χ1v) is 5.10. The van der Waals surface area contributed by atoms with Gasteiger partial charge in [0.2, 0.25) is 0 Å². The Bertz CT molecular complexity index is 647. The van der Waals surface area contributed by atoms with Crippen LogP contribution in [-0.2, 0) is 0 Å². The van der Waals surface area contributed by atoms with Crippen molar-refractivity contribution in [3.63, 3.8) is 0 Å². The number of pyridine rings is 1. The minimum atomic E-state index is 1.07. The zero-order valence-electron chi connectivity index (χ0n) is 10.6. The summed E-state index contributed by atoms with van der Waals surface area (Å²) in [5, 5.41) is 2.42. The Kier molecular flexibility index (Phi) is 2.30. The molecule has 1 aromatic heterocycles. The van der Waals surface area contributed by atoms with E-state index in [-0.39, 0.29) is 0 Å². The number of fused-ring (bicyclic) bond motifs is 2. The van der Waals surface area contributed by atoms with E-state index in [1.165, 1.54) is 23.7 Å². The normalized spacial score (nSPS) is 10.8. The molecular formula is C15H15N. The Labute approximate surface area is 97.2 Å². The molecule has 2 aromatic carbocycles. The third-order valence-corrected chi connectivity index (χ3v) is 2.75. The number of para-hydroxylation sites is 2. The first-order chi connectivity index (χ1) is 8.34. The average Bonchev–Trinajstić information content (AvgIpc) is 2.40. The highest BCUT2D eigenvalue weighted by Gasteiger charge is 2.00. The van der Waals surface area contributed by atoms with Crippen LogP contribution in [0, 0.1) is 6.92 Å². The Morgan fingerprint density at radius 2 is 1.75 bits per heavy atom. The molecule has 0 fully saturated rings. The molecule has 0 bridgehead atoms. The van der Waals surface area contributed by atoms with Gasteiger partial charge in [-0.2, -0.15) is 0 Å². The van der Waals surface area contributed by atoms with Gasteiger partial charge in [-0.25, -0.2) is 4.98 Å². The molecule has 1 heteroatoms. The number of benzene rings is 2. The maximum absolute atomic E-state index is 5.75. The Morgan fingerprint density at radius 3 is 2.62 bits per heavy atom. The van der Waals surface area contributed by atoms with Crippen LogP contribution < -0.4 is 0 Å². The van der Waals surface area contributed by atoms with Crippen LogP contribution in [0.5, 0.6) is 0 Å². The lowest BCUT2D eigenvalue weighted by atomic mass is 10.1. The van der Waals surface area contributed by atoms with E-state index in [1.54, 1.807) is 0 Å². The van der Waals surface area contributed by atoms with Crippen molar-refractivity contribution in [3.05, 3.63) is 54.1 Å². The first-order valence-electron chi connectivity index (χ1n) is 6.10. The van der Waals surface area contributed by atoms with Crippen LogP contribution >= 0.6 is 0 Å². The standard InChI is InChI=1S/C14H11N.CH4/c1-10-5-4-7-12-9-11-6-2-3-8-13(11)15-14(10)12;/h2-9H,1H3;1H4/i;1D. The zero-order valence-corrected chi connectivity index (χ0v) is 9.57. The molecule has 0 atom stereocenters. The van der Waals surface area contributed by atoms with Crippen LogP contribution in [0.15, 0.2) is 48.5 Å². The Morgan fingerprint density at radius 1 is 1.00 bits per heavy atom. The average molecular weight is 210 g/mol. The Hall–Kier alpha value is -1.89. The van der Waals surface area contributed by atoms with E-state index >= 15 is 0 Å². The molecule has 0 radical (unpaired) electrons. The quantitative estimate of drug-likeness (QED) is 0.503. The maximum Gasteiger partial charge on any atom is 0.0738 e. The summed E-state index contributed by atoms with van der Waals surface area (Å²) in [5.74, 6) is 0.